The van der Waals surface area contributed by atoms with Crippen LogP contribution in [0.1, 0.15) is 20.8 Å². The summed E-state index contributed by atoms with van der Waals surface area (Å²) in [5, 5.41) is 4.93. The van der Waals surface area contributed by atoms with Crippen molar-refractivity contribution in [3.63, 3.8) is 0 Å². The van der Waals surface area contributed by atoms with Gasteiger partial charge in [0.1, 0.15) is 12.4 Å². The van der Waals surface area contributed by atoms with Gasteiger partial charge in [0.15, 0.2) is 0 Å². The molecular weight excluding hydrogens is 399 g/mol. The Labute approximate surface area is 162 Å². The van der Waals surface area contributed by atoms with Gasteiger partial charge in [-0.15, -0.1) is 11.3 Å². The van der Waals surface area contributed by atoms with Gasteiger partial charge < -0.3 is 10.1 Å². The molecule has 0 aliphatic carbocycles. The number of hydrogen-bond donors (Lipinski definition) is 1. The van der Waals surface area contributed by atoms with Crippen LogP contribution in [0.3, 0.4) is 0 Å². The fraction of sp³-hybridized carbons (Fsp3) is 0.105. The Kier molecular flexibility index (Phi) is 5.72. The van der Waals surface area contributed by atoms with E-state index in [0.29, 0.717) is 15.6 Å². The summed E-state index contributed by atoms with van der Waals surface area (Å²) in [6.45, 7) is 0.268. The van der Waals surface area contributed by atoms with Gasteiger partial charge in [-0.25, -0.2) is 0 Å². The van der Waals surface area contributed by atoms with E-state index in [1.54, 1.807) is 35.7 Å². The van der Waals surface area contributed by atoms with E-state index in [1.807, 2.05) is 0 Å². The van der Waals surface area contributed by atoms with Crippen molar-refractivity contribution in [2.45, 2.75) is 12.8 Å². The molecule has 3 aromatic rings. The van der Waals surface area contributed by atoms with Crippen LogP contribution in [-0.4, -0.2) is 5.91 Å². The highest BCUT2D eigenvalue weighted by Crippen LogP contribution is 2.30. The van der Waals surface area contributed by atoms with Crippen molar-refractivity contribution in [2.24, 2.45) is 0 Å². The lowest BCUT2D eigenvalue weighted by Gasteiger charge is -2.08. The van der Waals surface area contributed by atoms with Gasteiger partial charge in [0, 0.05) is 16.3 Å². The summed E-state index contributed by atoms with van der Waals surface area (Å²) >= 11 is 7.12. The van der Waals surface area contributed by atoms with E-state index in [-0.39, 0.29) is 12.3 Å². The third-order valence-corrected chi connectivity index (χ3v) is 4.76. The molecule has 8 heteroatoms. The molecule has 0 radical (unpaired) electrons. The second-order valence-electron chi connectivity index (χ2n) is 5.59. The summed E-state index contributed by atoms with van der Waals surface area (Å²) < 4.78 is 43.3. The number of nitrogens with one attached hydrogen (secondary N) is 1. The van der Waals surface area contributed by atoms with Crippen molar-refractivity contribution in [1.82, 2.24) is 0 Å². The highest BCUT2D eigenvalue weighted by molar-refractivity contribution is 7.12. The zero-order valence-corrected chi connectivity index (χ0v) is 15.3. The zero-order chi connectivity index (χ0) is 19.4. The molecule has 1 amide bonds. The molecule has 27 heavy (non-hydrogen) atoms. The first kappa shape index (κ1) is 19.3. The first-order valence-corrected chi connectivity index (χ1v) is 9.01. The molecule has 3 nitrogen and oxygen atoms in total. The van der Waals surface area contributed by atoms with Crippen LogP contribution in [0.15, 0.2) is 60.0 Å². The lowest BCUT2D eigenvalue weighted by atomic mass is 10.2. The Morgan fingerprint density at radius 2 is 1.85 bits per heavy atom. The van der Waals surface area contributed by atoms with Crippen molar-refractivity contribution < 1.29 is 22.7 Å². The summed E-state index contributed by atoms with van der Waals surface area (Å²) in [7, 11) is 0. The molecule has 1 aromatic heterocycles. The van der Waals surface area contributed by atoms with Crippen molar-refractivity contribution in [3.8, 4) is 5.75 Å². The first-order chi connectivity index (χ1) is 12.8. The summed E-state index contributed by atoms with van der Waals surface area (Å²) in [5.41, 5.74) is 0.327. The highest BCUT2D eigenvalue weighted by atomic mass is 35.5. The average molecular weight is 412 g/mol. The fourth-order valence-electron chi connectivity index (χ4n) is 2.23. The van der Waals surface area contributed by atoms with Gasteiger partial charge in [0.05, 0.1) is 10.4 Å². The van der Waals surface area contributed by atoms with E-state index < -0.39 is 17.6 Å². The number of carbonyl (C=O) groups is 1. The summed E-state index contributed by atoms with van der Waals surface area (Å²) in [4.78, 5) is 12.7. The van der Waals surface area contributed by atoms with Gasteiger partial charge >= 0.3 is 6.18 Å². The SMILES string of the molecule is O=C(Nc1ccc(C(F)(F)F)cc1)c1cc(COc2cccc(Cl)c2)cs1. The molecule has 0 aliphatic rings. The van der Waals surface area contributed by atoms with Gasteiger partial charge in [-0.05, 0) is 53.9 Å². The summed E-state index contributed by atoms with van der Waals surface area (Å²) in [6, 6.07) is 12.9. The molecule has 3 rings (SSSR count). The van der Waals surface area contributed by atoms with Crippen molar-refractivity contribution in [2.75, 3.05) is 5.32 Å². The quantitative estimate of drug-likeness (QED) is 0.538. The second-order valence-corrected chi connectivity index (χ2v) is 6.94. The van der Waals surface area contributed by atoms with Crippen LogP contribution >= 0.6 is 22.9 Å². The lowest BCUT2D eigenvalue weighted by Crippen LogP contribution is -2.11. The van der Waals surface area contributed by atoms with Crippen LogP contribution in [0, 0.1) is 0 Å². The van der Waals surface area contributed by atoms with E-state index in [9.17, 15) is 18.0 Å². The van der Waals surface area contributed by atoms with E-state index in [2.05, 4.69) is 5.32 Å². The highest BCUT2D eigenvalue weighted by Gasteiger charge is 2.30. The monoisotopic (exact) mass is 411 g/mol. The number of ether oxygens (including phenoxy) is 1. The molecule has 0 spiro atoms. The van der Waals surface area contributed by atoms with Crippen LogP contribution in [0.2, 0.25) is 5.02 Å². The number of rotatable bonds is 5. The summed E-state index contributed by atoms with van der Waals surface area (Å²) in [5.74, 6) is 0.221. The van der Waals surface area contributed by atoms with E-state index in [0.717, 1.165) is 17.7 Å². The van der Waals surface area contributed by atoms with Crippen molar-refractivity contribution >= 4 is 34.5 Å². The smallest absolute Gasteiger partial charge is 0.416 e. The standard InChI is InChI=1S/C19H13ClF3NO2S/c20-14-2-1-3-16(9-14)26-10-12-8-17(27-11-12)18(25)24-15-6-4-13(5-7-15)19(21,22)23/h1-9,11H,10H2,(H,24,25). The van der Waals surface area contributed by atoms with E-state index in [1.165, 1.54) is 23.5 Å². The van der Waals surface area contributed by atoms with Crippen molar-refractivity contribution in [1.29, 1.82) is 0 Å². The molecule has 1 heterocycles. The minimum absolute atomic E-state index is 0.268. The minimum atomic E-state index is -4.41. The maximum atomic E-state index is 12.6. The molecule has 0 bridgehead atoms. The number of halogens is 4. The molecule has 140 valence electrons. The normalized spacial score (nSPS) is 11.3. The van der Waals surface area contributed by atoms with Crippen LogP contribution in [0.25, 0.3) is 0 Å². The number of benzene rings is 2. The molecule has 0 saturated heterocycles. The van der Waals surface area contributed by atoms with Crippen molar-refractivity contribution in [3.05, 3.63) is 81.0 Å². The van der Waals surface area contributed by atoms with Gasteiger partial charge in [-0.1, -0.05) is 17.7 Å². The molecule has 0 unspecified atom stereocenters. The first-order valence-electron chi connectivity index (χ1n) is 7.75. The van der Waals surface area contributed by atoms with Gasteiger partial charge in [-0.3, -0.25) is 4.79 Å². The Hall–Kier alpha value is -2.51. The summed E-state index contributed by atoms with van der Waals surface area (Å²) in [6.07, 6.45) is -4.41. The molecule has 0 saturated carbocycles. The third kappa shape index (κ3) is 5.24. The van der Waals surface area contributed by atoms with Crippen LogP contribution in [0.5, 0.6) is 5.75 Å². The molecule has 1 N–H and O–H groups in total. The maximum absolute atomic E-state index is 12.6. The maximum Gasteiger partial charge on any atom is 0.416 e. The molecule has 2 aromatic carbocycles. The lowest BCUT2D eigenvalue weighted by molar-refractivity contribution is -0.137. The van der Waals surface area contributed by atoms with E-state index >= 15 is 0 Å². The molecule has 0 aliphatic heterocycles. The third-order valence-electron chi connectivity index (χ3n) is 3.55. The van der Waals surface area contributed by atoms with Crippen LogP contribution in [-0.2, 0) is 12.8 Å². The predicted octanol–water partition coefficient (Wildman–Crippen LogP) is 6.25. The fourth-order valence-corrected chi connectivity index (χ4v) is 3.20. The number of thiophene rings is 1. The Morgan fingerprint density at radius 1 is 1.11 bits per heavy atom. The van der Waals surface area contributed by atoms with Gasteiger partial charge in [-0.2, -0.15) is 13.2 Å². The van der Waals surface area contributed by atoms with Crippen LogP contribution < -0.4 is 10.1 Å². The Balaban J connectivity index is 1.59. The number of alkyl halides is 3. The Bertz CT molecular complexity index is 939. The number of hydrogen-bond acceptors (Lipinski definition) is 3. The average Bonchev–Trinajstić information content (AvgIpc) is 3.09. The predicted molar refractivity (Wildman–Crippen MR) is 99.5 cm³/mol. The number of carbonyl (C=O) groups excluding carboxylic acids is 1. The topological polar surface area (TPSA) is 38.3 Å². The zero-order valence-electron chi connectivity index (χ0n) is 13.7. The molecule has 0 atom stereocenters. The number of anilines is 1. The Morgan fingerprint density at radius 3 is 2.52 bits per heavy atom. The van der Waals surface area contributed by atoms with E-state index in [4.69, 9.17) is 16.3 Å². The molecular formula is C19H13ClF3NO2S. The second kappa shape index (κ2) is 8.02. The van der Waals surface area contributed by atoms with Gasteiger partial charge in [0.2, 0.25) is 0 Å². The van der Waals surface area contributed by atoms with Gasteiger partial charge in [0.25, 0.3) is 5.91 Å². The number of amides is 1. The molecule has 0 fully saturated rings. The largest absolute Gasteiger partial charge is 0.489 e. The van der Waals surface area contributed by atoms with Crippen LogP contribution in [0.4, 0.5) is 18.9 Å². The minimum Gasteiger partial charge on any atom is -0.489 e.